The second-order valence-electron chi connectivity index (χ2n) is 4.43. The van der Waals surface area contributed by atoms with Crippen molar-refractivity contribution in [1.29, 1.82) is 0 Å². The third-order valence-electron chi connectivity index (χ3n) is 3.16. The normalized spacial score (nSPS) is 17.2. The lowest BCUT2D eigenvalue weighted by Gasteiger charge is -2.22. The van der Waals surface area contributed by atoms with Crippen LogP contribution in [0.3, 0.4) is 0 Å². The fourth-order valence-electron chi connectivity index (χ4n) is 2.06. The highest BCUT2D eigenvalue weighted by Crippen LogP contribution is 2.27. The fourth-order valence-corrected chi connectivity index (χ4v) is 2.47. The molecule has 4 heteroatoms. The van der Waals surface area contributed by atoms with Crippen molar-refractivity contribution in [2.24, 2.45) is 5.92 Å². The zero-order valence-electron chi connectivity index (χ0n) is 9.79. The first kappa shape index (κ1) is 12.9. The van der Waals surface area contributed by atoms with Gasteiger partial charge in [0.15, 0.2) is 0 Å². The third kappa shape index (κ3) is 3.69. The van der Waals surface area contributed by atoms with Crippen LogP contribution >= 0.6 is 15.9 Å². The van der Waals surface area contributed by atoms with Crippen molar-refractivity contribution in [2.75, 3.05) is 19.8 Å². The summed E-state index contributed by atoms with van der Waals surface area (Å²) in [6, 6.07) is 5.73. The Labute approximate surface area is 110 Å². The number of halogens is 1. The van der Waals surface area contributed by atoms with E-state index in [-0.39, 0.29) is 0 Å². The van der Waals surface area contributed by atoms with E-state index in [1.54, 1.807) is 0 Å². The summed E-state index contributed by atoms with van der Waals surface area (Å²) < 4.78 is 6.08. The summed E-state index contributed by atoms with van der Waals surface area (Å²) in [6.45, 7) is 3.47. The van der Waals surface area contributed by atoms with Crippen molar-refractivity contribution in [2.45, 2.75) is 19.4 Å². The number of rotatable bonds is 4. The Morgan fingerprint density at radius 2 is 2.12 bits per heavy atom. The zero-order chi connectivity index (χ0) is 12.1. The second-order valence-corrected chi connectivity index (χ2v) is 5.29. The Morgan fingerprint density at radius 1 is 1.35 bits per heavy atom. The van der Waals surface area contributed by atoms with Crippen LogP contribution in [0.1, 0.15) is 18.4 Å². The molecule has 0 aliphatic carbocycles. The van der Waals surface area contributed by atoms with Crippen LogP contribution in [-0.2, 0) is 11.3 Å². The fraction of sp³-hybridized carbons (Fsp3) is 0.538. The lowest BCUT2D eigenvalue weighted by molar-refractivity contribution is 0.0662. The number of benzene rings is 1. The molecular formula is C13H18BrNO2. The maximum absolute atomic E-state index is 9.83. The van der Waals surface area contributed by atoms with Gasteiger partial charge >= 0.3 is 0 Å². The molecule has 3 nitrogen and oxygen atoms in total. The lowest BCUT2D eigenvalue weighted by Crippen LogP contribution is -2.27. The number of hydrogen-bond donors (Lipinski definition) is 2. The summed E-state index contributed by atoms with van der Waals surface area (Å²) in [7, 11) is 0. The van der Waals surface area contributed by atoms with E-state index >= 15 is 0 Å². The average molecular weight is 300 g/mol. The summed E-state index contributed by atoms with van der Waals surface area (Å²) >= 11 is 3.32. The van der Waals surface area contributed by atoms with Crippen LogP contribution in [0.15, 0.2) is 22.7 Å². The Kier molecular flexibility index (Phi) is 4.83. The van der Waals surface area contributed by atoms with Crippen molar-refractivity contribution < 1.29 is 9.84 Å². The van der Waals surface area contributed by atoms with Crippen LogP contribution in [0.2, 0.25) is 0 Å². The van der Waals surface area contributed by atoms with Gasteiger partial charge in [0, 0.05) is 25.3 Å². The molecule has 17 heavy (non-hydrogen) atoms. The molecule has 0 unspecified atom stereocenters. The van der Waals surface area contributed by atoms with Crippen LogP contribution in [-0.4, -0.2) is 24.9 Å². The largest absolute Gasteiger partial charge is 0.506 e. The summed E-state index contributed by atoms with van der Waals surface area (Å²) in [4.78, 5) is 0. The van der Waals surface area contributed by atoms with Crippen LogP contribution in [0, 0.1) is 5.92 Å². The standard InChI is InChI=1S/C13H18BrNO2/c14-12-3-1-2-11(13(12)16)9-15-8-10-4-6-17-7-5-10/h1-3,10,15-16H,4-9H2. The predicted octanol–water partition coefficient (Wildman–Crippen LogP) is 2.67. The first-order valence-electron chi connectivity index (χ1n) is 6.02. The molecule has 1 fully saturated rings. The Hall–Kier alpha value is -0.580. The molecule has 0 bridgehead atoms. The molecule has 2 rings (SSSR count). The number of ether oxygens (including phenoxy) is 1. The first-order valence-corrected chi connectivity index (χ1v) is 6.81. The topological polar surface area (TPSA) is 41.5 Å². The van der Waals surface area contributed by atoms with Crippen LogP contribution in [0.4, 0.5) is 0 Å². The number of aromatic hydroxyl groups is 1. The van der Waals surface area contributed by atoms with Crippen molar-refractivity contribution >= 4 is 15.9 Å². The average Bonchev–Trinajstić information content (AvgIpc) is 2.36. The Bertz CT molecular complexity index is 364. The van der Waals surface area contributed by atoms with Crippen molar-refractivity contribution in [1.82, 2.24) is 5.32 Å². The monoisotopic (exact) mass is 299 g/mol. The highest BCUT2D eigenvalue weighted by molar-refractivity contribution is 9.10. The van der Waals surface area contributed by atoms with E-state index in [2.05, 4.69) is 21.2 Å². The number of hydrogen-bond acceptors (Lipinski definition) is 3. The molecule has 1 aromatic rings. The van der Waals surface area contributed by atoms with E-state index in [1.807, 2.05) is 18.2 Å². The number of phenols is 1. The van der Waals surface area contributed by atoms with E-state index in [0.717, 1.165) is 42.6 Å². The molecule has 0 atom stereocenters. The van der Waals surface area contributed by atoms with Crippen molar-refractivity contribution in [3.8, 4) is 5.75 Å². The Morgan fingerprint density at radius 3 is 2.88 bits per heavy atom. The smallest absolute Gasteiger partial charge is 0.134 e. The van der Waals surface area contributed by atoms with Crippen LogP contribution in [0.25, 0.3) is 0 Å². The maximum Gasteiger partial charge on any atom is 0.134 e. The van der Waals surface area contributed by atoms with Gasteiger partial charge in [-0.2, -0.15) is 0 Å². The number of para-hydroxylation sites is 1. The minimum Gasteiger partial charge on any atom is -0.506 e. The van der Waals surface area contributed by atoms with Gasteiger partial charge in [0.1, 0.15) is 5.75 Å². The van der Waals surface area contributed by atoms with E-state index in [4.69, 9.17) is 4.74 Å². The molecular weight excluding hydrogens is 282 g/mol. The van der Waals surface area contributed by atoms with Gasteiger partial charge < -0.3 is 15.2 Å². The van der Waals surface area contributed by atoms with Crippen molar-refractivity contribution in [3.63, 3.8) is 0 Å². The minimum atomic E-state index is 0.340. The minimum absolute atomic E-state index is 0.340. The van der Waals surface area contributed by atoms with Gasteiger partial charge in [0.05, 0.1) is 4.47 Å². The quantitative estimate of drug-likeness (QED) is 0.898. The van der Waals surface area contributed by atoms with Gasteiger partial charge in [-0.1, -0.05) is 12.1 Å². The van der Waals surface area contributed by atoms with Gasteiger partial charge in [0.25, 0.3) is 0 Å². The molecule has 1 aliphatic rings. The maximum atomic E-state index is 9.83. The van der Waals surface area contributed by atoms with Gasteiger partial charge in [0.2, 0.25) is 0 Å². The summed E-state index contributed by atoms with van der Waals surface area (Å²) in [5.41, 5.74) is 0.937. The van der Waals surface area contributed by atoms with Gasteiger partial charge in [-0.15, -0.1) is 0 Å². The molecule has 0 aromatic heterocycles. The van der Waals surface area contributed by atoms with E-state index in [1.165, 1.54) is 0 Å². The molecule has 1 heterocycles. The molecule has 0 spiro atoms. The molecule has 0 saturated carbocycles. The predicted molar refractivity (Wildman–Crippen MR) is 71.1 cm³/mol. The van der Waals surface area contributed by atoms with Gasteiger partial charge in [-0.3, -0.25) is 0 Å². The van der Waals surface area contributed by atoms with Crippen molar-refractivity contribution in [3.05, 3.63) is 28.2 Å². The SMILES string of the molecule is Oc1c(Br)cccc1CNCC1CCOCC1. The highest BCUT2D eigenvalue weighted by Gasteiger charge is 2.13. The first-order chi connectivity index (χ1) is 8.27. The van der Waals surface area contributed by atoms with Gasteiger partial charge in [-0.05, 0) is 47.3 Å². The lowest BCUT2D eigenvalue weighted by atomic mass is 10.0. The summed E-state index contributed by atoms with van der Waals surface area (Å²) in [6.07, 6.45) is 2.27. The number of phenolic OH excluding ortho intramolecular Hbond substituents is 1. The second kappa shape index (κ2) is 6.38. The molecule has 0 amide bonds. The molecule has 0 radical (unpaired) electrons. The van der Waals surface area contributed by atoms with Gasteiger partial charge in [-0.25, -0.2) is 0 Å². The summed E-state index contributed by atoms with van der Waals surface area (Å²) in [5, 5.41) is 13.2. The third-order valence-corrected chi connectivity index (χ3v) is 3.80. The summed E-state index contributed by atoms with van der Waals surface area (Å²) in [5.74, 6) is 1.05. The van der Waals surface area contributed by atoms with E-state index in [9.17, 15) is 5.11 Å². The molecule has 1 aliphatic heterocycles. The van der Waals surface area contributed by atoms with Crippen LogP contribution in [0.5, 0.6) is 5.75 Å². The zero-order valence-corrected chi connectivity index (χ0v) is 11.4. The van der Waals surface area contributed by atoms with Crippen LogP contribution < -0.4 is 5.32 Å². The molecule has 94 valence electrons. The van der Waals surface area contributed by atoms with E-state index in [0.29, 0.717) is 18.2 Å². The molecule has 1 aromatic carbocycles. The molecule has 2 N–H and O–H groups in total. The molecule has 1 saturated heterocycles. The van der Waals surface area contributed by atoms with E-state index < -0.39 is 0 Å². The Balaban J connectivity index is 1.79. The highest BCUT2D eigenvalue weighted by atomic mass is 79.9. The number of nitrogens with one attached hydrogen (secondary N) is 1.